The van der Waals surface area contributed by atoms with Crippen LogP contribution in [-0.2, 0) is 20.8 Å². The zero-order valence-electron chi connectivity index (χ0n) is 38.8. The van der Waals surface area contributed by atoms with Gasteiger partial charge in [-0.15, -0.1) is 0 Å². The van der Waals surface area contributed by atoms with Crippen molar-refractivity contribution in [1.82, 2.24) is 31.9 Å². The van der Waals surface area contributed by atoms with Crippen LogP contribution in [0.5, 0.6) is 17.2 Å². The van der Waals surface area contributed by atoms with Crippen LogP contribution in [-0.4, -0.2) is 77.0 Å². The summed E-state index contributed by atoms with van der Waals surface area (Å²) in [6, 6.07) is 24.7. The molecule has 4 unspecified atom stereocenters. The van der Waals surface area contributed by atoms with Crippen LogP contribution in [0.1, 0.15) is 89.0 Å². The first-order valence-corrected chi connectivity index (χ1v) is 23.4. The molecule has 15 heteroatoms. The second kappa shape index (κ2) is 23.5. The molecule has 13 nitrogen and oxygen atoms in total. The molecule has 66 heavy (non-hydrogen) atoms. The second-order valence-electron chi connectivity index (χ2n) is 17.8. The highest BCUT2D eigenvalue weighted by Gasteiger charge is 2.41. The van der Waals surface area contributed by atoms with E-state index in [1.165, 1.54) is 0 Å². The lowest BCUT2D eigenvalue weighted by molar-refractivity contribution is -0.130. The number of thiocarbonyl (C=S) groups is 1. The first-order valence-electron chi connectivity index (χ1n) is 22.5. The van der Waals surface area contributed by atoms with E-state index in [0.29, 0.717) is 55.5 Å². The summed E-state index contributed by atoms with van der Waals surface area (Å²) in [5, 5.41) is 33.6. The fraction of sp³-hybridized carbons (Fsp3) is 0.392. The van der Waals surface area contributed by atoms with Crippen LogP contribution < -0.4 is 52.4 Å². The highest BCUT2D eigenvalue weighted by molar-refractivity contribution is 7.82. The van der Waals surface area contributed by atoms with Gasteiger partial charge in [-0.25, -0.2) is 4.79 Å². The van der Waals surface area contributed by atoms with Crippen molar-refractivity contribution in [3.8, 4) is 17.2 Å². The number of hydrogen-bond donors (Lipinski definition) is 9. The topological polar surface area (TPSA) is 182 Å². The van der Waals surface area contributed by atoms with Crippen LogP contribution in [0.3, 0.4) is 0 Å². The summed E-state index contributed by atoms with van der Waals surface area (Å²) in [6.45, 7) is 17.1. The molecule has 0 aliphatic carbocycles. The van der Waals surface area contributed by atoms with Gasteiger partial charge in [0.2, 0.25) is 11.8 Å². The Morgan fingerprint density at radius 3 is 2.35 bits per heavy atom. The van der Waals surface area contributed by atoms with Crippen molar-refractivity contribution in [2.75, 3.05) is 25.0 Å². The molecule has 4 atom stereocenters. The van der Waals surface area contributed by atoms with Crippen LogP contribution in [0, 0.1) is 12.3 Å². The Morgan fingerprint density at radius 2 is 1.64 bits per heavy atom. The van der Waals surface area contributed by atoms with E-state index in [4.69, 9.17) is 29.6 Å². The molecule has 0 saturated carbocycles. The minimum atomic E-state index is -0.975. The summed E-state index contributed by atoms with van der Waals surface area (Å²) < 4.78 is 6.18. The van der Waals surface area contributed by atoms with Crippen LogP contribution in [0.25, 0.3) is 12.2 Å². The number of nitrogens with one attached hydrogen (secondary N) is 7. The number of urea groups is 1. The van der Waals surface area contributed by atoms with Crippen LogP contribution in [0.15, 0.2) is 84.9 Å². The van der Waals surface area contributed by atoms with Crippen molar-refractivity contribution in [3.63, 3.8) is 0 Å². The molecule has 0 bridgehead atoms. The number of rotatable bonds is 22. The monoisotopic (exact) mass is 935 g/mol. The van der Waals surface area contributed by atoms with E-state index in [1.54, 1.807) is 12.1 Å². The Bertz CT molecular complexity index is 2480. The number of benzene rings is 4. The number of aldehydes is 1. The Balaban J connectivity index is 1.14. The Morgan fingerprint density at radius 1 is 0.894 bits per heavy atom. The molecule has 0 aromatic heterocycles. The highest BCUT2D eigenvalue weighted by atomic mass is 32.1. The molecule has 0 saturated heterocycles. The molecule has 1 heterocycles. The van der Waals surface area contributed by atoms with Crippen LogP contribution in [0.2, 0.25) is 0 Å². The minimum absolute atomic E-state index is 0.0260. The molecule has 1 aliphatic heterocycles. The first-order chi connectivity index (χ1) is 31.4. The third-order valence-electron chi connectivity index (χ3n) is 11.8. The molecule has 8 N–H and O–H groups in total. The van der Waals surface area contributed by atoms with Crippen LogP contribution >= 0.6 is 24.8 Å². The molecule has 0 radical (unpaired) electrons. The number of aromatic hydroxyl groups is 1. The van der Waals surface area contributed by atoms with Crippen molar-refractivity contribution < 1.29 is 29.0 Å². The summed E-state index contributed by atoms with van der Waals surface area (Å²) in [6.07, 6.45) is 4.01. The Kier molecular flexibility index (Phi) is 18.2. The summed E-state index contributed by atoms with van der Waals surface area (Å²) in [7, 11) is 0. The zero-order chi connectivity index (χ0) is 48.0. The maximum absolute atomic E-state index is 13.8. The lowest BCUT2D eigenvalue weighted by Crippen LogP contribution is -2.55. The van der Waals surface area contributed by atoms with Crippen molar-refractivity contribution in [1.29, 1.82) is 0 Å². The standard InChI is InChI=1S/C51H65N7O6S2/c1-8-13-34(4)54-48(63)55-37(31-59)16-12-23-52-24-25-53-47(62)42(28-35-14-10-9-11-15-35)57-45(61)30-50(5,6)51(7,66)58-49(65)56-36-18-21-39(33(3)27-36)46-40-20-17-32(2)26-43(40)64-44-29-38(60)19-22-41(44)46/h9-11,14-15,17-22,26-27,29,31,34,37,42,52,60,66H,2,8,12-13,16,23-25,28,30H2,1,3-7H3,(H,53,62)(H,57,61)(H2,54,55,63)(H2,56,58,65). The molecule has 4 aromatic rings. The maximum Gasteiger partial charge on any atom is 0.315 e. The largest absolute Gasteiger partial charge is 0.508 e. The molecular weight excluding hydrogens is 871 g/mol. The predicted octanol–water partition coefficient (Wildman–Crippen LogP) is 6.08. The highest BCUT2D eigenvalue weighted by Crippen LogP contribution is 2.40. The smallest absolute Gasteiger partial charge is 0.315 e. The molecular formula is C51H65N7O6S2. The average molecular weight is 936 g/mol. The van der Waals surface area contributed by atoms with Gasteiger partial charge >= 0.3 is 6.03 Å². The van der Waals surface area contributed by atoms with E-state index in [2.05, 4.69) is 43.8 Å². The second-order valence-corrected chi connectivity index (χ2v) is 19.1. The van der Waals surface area contributed by atoms with E-state index >= 15 is 0 Å². The third-order valence-corrected chi connectivity index (χ3v) is 12.7. The number of aryl methyl sites for hydroxylation is 1. The number of anilines is 1. The van der Waals surface area contributed by atoms with E-state index < -0.39 is 22.4 Å². The summed E-state index contributed by atoms with van der Waals surface area (Å²) in [5.41, 5.74) is 4.69. The Labute approximate surface area is 399 Å². The van der Waals surface area contributed by atoms with Gasteiger partial charge in [0.15, 0.2) is 5.11 Å². The summed E-state index contributed by atoms with van der Waals surface area (Å²) in [4.78, 5) is 50.1. The maximum atomic E-state index is 13.8. The molecule has 4 aromatic carbocycles. The molecule has 1 aliphatic rings. The number of fused-ring (bicyclic) bond motifs is 2. The van der Waals surface area contributed by atoms with Gasteiger partial charge in [0.05, 0.1) is 10.9 Å². The summed E-state index contributed by atoms with van der Waals surface area (Å²) in [5.74, 6) is 0.706. The van der Waals surface area contributed by atoms with Gasteiger partial charge in [0.1, 0.15) is 29.6 Å². The fourth-order valence-corrected chi connectivity index (χ4v) is 8.34. The van der Waals surface area contributed by atoms with Gasteiger partial charge in [0.25, 0.3) is 0 Å². The average Bonchev–Trinajstić information content (AvgIpc) is 3.24. The van der Waals surface area contributed by atoms with Crippen LogP contribution in [0.4, 0.5) is 10.5 Å². The molecule has 0 fully saturated rings. The number of hydrogen-bond acceptors (Lipinski definition) is 9. The van der Waals surface area contributed by atoms with Gasteiger partial charge in [-0.05, 0) is 111 Å². The zero-order valence-corrected chi connectivity index (χ0v) is 40.5. The molecule has 4 amide bonds. The minimum Gasteiger partial charge on any atom is -0.508 e. The molecule has 0 spiro atoms. The number of phenolic OH excluding ortho intramolecular Hbond substituents is 1. The number of amides is 4. The number of thiol groups is 1. The van der Waals surface area contributed by atoms with E-state index in [0.717, 1.165) is 63.1 Å². The number of carbonyl (C=O) groups is 4. The SMILES string of the molecule is C=c1ccc2c(c1)Oc1cc(O)ccc1C=2c1ccc(NC(=S)NC(C)(S)C(C)(C)CC(=O)NC(Cc2ccccc2)C(=O)NCCNCCCC(C=O)NC(=O)NC(C)CCC)cc1C. The first kappa shape index (κ1) is 51.1. The van der Waals surface area contributed by atoms with Crippen molar-refractivity contribution in [2.24, 2.45) is 5.41 Å². The van der Waals surface area contributed by atoms with Gasteiger partial charge < -0.3 is 51.9 Å². The predicted molar refractivity (Wildman–Crippen MR) is 270 cm³/mol. The molecule has 352 valence electrons. The van der Waals surface area contributed by atoms with Gasteiger partial charge in [-0.3, -0.25) is 9.59 Å². The summed E-state index contributed by atoms with van der Waals surface area (Å²) >= 11 is 10.8. The van der Waals surface area contributed by atoms with Gasteiger partial charge in [-0.1, -0.05) is 82.3 Å². The third kappa shape index (κ3) is 14.3. The van der Waals surface area contributed by atoms with E-state index in [1.807, 2.05) is 114 Å². The van der Waals surface area contributed by atoms with Gasteiger partial charge in [-0.2, -0.15) is 12.6 Å². The lowest BCUT2D eigenvalue weighted by Gasteiger charge is -2.41. The normalized spacial score (nSPS) is 14.1. The number of carbonyl (C=O) groups excluding carboxylic acids is 4. The van der Waals surface area contributed by atoms with Crippen molar-refractivity contribution in [2.45, 2.75) is 103 Å². The quantitative estimate of drug-likeness (QED) is 0.0130. The molecule has 5 rings (SSSR count). The van der Waals surface area contributed by atoms with E-state index in [9.17, 15) is 24.3 Å². The fourth-order valence-electron chi connectivity index (χ4n) is 7.75. The van der Waals surface area contributed by atoms with Crippen molar-refractivity contribution >= 4 is 71.9 Å². The van der Waals surface area contributed by atoms with E-state index in [-0.39, 0.29) is 36.1 Å². The lowest BCUT2D eigenvalue weighted by atomic mass is 9.81. The van der Waals surface area contributed by atoms with Crippen molar-refractivity contribution in [3.05, 3.63) is 118 Å². The number of phenols is 1. The Hall–Kier alpha value is -5.90. The number of ether oxygens (including phenoxy) is 1. The van der Waals surface area contributed by atoms with Gasteiger partial charge in [0, 0.05) is 65.5 Å².